The molecular formula is C12H9NO. The van der Waals surface area contributed by atoms with Crippen molar-refractivity contribution in [1.82, 2.24) is 4.90 Å². The average molecular weight is 183 g/mol. The molecule has 68 valence electrons. The zero-order valence-corrected chi connectivity index (χ0v) is 7.60. The molecule has 2 nitrogen and oxygen atoms in total. The maximum Gasteiger partial charge on any atom is 0.187 e. The highest BCUT2D eigenvalue weighted by Gasteiger charge is 2.27. The van der Waals surface area contributed by atoms with Gasteiger partial charge in [0, 0.05) is 18.3 Å². The molecule has 0 atom stereocenters. The first-order valence-electron chi connectivity index (χ1n) is 4.65. The molecule has 3 rings (SSSR count). The van der Waals surface area contributed by atoms with Crippen LogP contribution in [0.4, 0.5) is 0 Å². The fourth-order valence-electron chi connectivity index (χ4n) is 1.99. The number of rotatable bonds is 0. The number of nitrogens with zero attached hydrogens (tertiary/aromatic N) is 1. The molecule has 0 aromatic carbocycles. The van der Waals surface area contributed by atoms with Crippen molar-refractivity contribution >= 4 is 5.78 Å². The Hall–Kier alpha value is -1.83. The summed E-state index contributed by atoms with van der Waals surface area (Å²) in [6.45, 7) is 0.805. The molecular weight excluding hydrogens is 174 g/mol. The van der Waals surface area contributed by atoms with E-state index in [9.17, 15) is 4.79 Å². The standard InChI is InChI=1S/C12H9NO/c14-11-5-4-9-3-1-2-7-13-8-6-10(11)12(9)13/h1-7H,8H2. The Balaban J connectivity index is 2.24. The Morgan fingerprint density at radius 3 is 3.00 bits per heavy atom. The number of ketones is 1. The second-order valence-corrected chi connectivity index (χ2v) is 3.47. The molecule has 0 unspecified atom stereocenters. The molecule has 3 aliphatic rings. The maximum atomic E-state index is 11.6. The van der Waals surface area contributed by atoms with E-state index in [-0.39, 0.29) is 5.78 Å². The number of allylic oxidation sites excluding steroid dienone is 7. The van der Waals surface area contributed by atoms with Gasteiger partial charge in [0.05, 0.1) is 5.70 Å². The number of carbonyl (C=O) groups excluding carboxylic acids is 1. The zero-order chi connectivity index (χ0) is 9.54. The van der Waals surface area contributed by atoms with Gasteiger partial charge in [-0.2, -0.15) is 0 Å². The minimum Gasteiger partial charge on any atom is -0.343 e. The first-order chi connectivity index (χ1) is 6.86. The van der Waals surface area contributed by atoms with Gasteiger partial charge in [-0.1, -0.05) is 18.2 Å². The largest absolute Gasteiger partial charge is 0.343 e. The second kappa shape index (κ2) is 2.58. The van der Waals surface area contributed by atoms with E-state index in [4.69, 9.17) is 0 Å². The monoisotopic (exact) mass is 183 g/mol. The first-order valence-corrected chi connectivity index (χ1v) is 4.65. The van der Waals surface area contributed by atoms with Crippen LogP contribution >= 0.6 is 0 Å². The van der Waals surface area contributed by atoms with Crippen molar-refractivity contribution in [3.05, 3.63) is 59.5 Å². The van der Waals surface area contributed by atoms with Gasteiger partial charge in [-0.25, -0.2) is 0 Å². The summed E-state index contributed by atoms with van der Waals surface area (Å²) in [5.41, 5.74) is 3.03. The Bertz CT molecular complexity index is 461. The van der Waals surface area contributed by atoms with Crippen LogP contribution in [0.5, 0.6) is 0 Å². The SMILES string of the molecule is O=C1C=CC2=C3C1=CCN3C=CC=C2. The van der Waals surface area contributed by atoms with E-state index in [1.54, 1.807) is 6.08 Å². The summed E-state index contributed by atoms with van der Waals surface area (Å²) < 4.78 is 0. The third-order valence-corrected chi connectivity index (χ3v) is 2.64. The molecule has 2 heterocycles. The molecule has 0 fully saturated rings. The van der Waals surface area contributed by atoms with E-state index in [2.05, 4.69) is 4.90 Å². The fourth-order valence-corrected chi connectivity index (χ4v) is 1.99. The lowest BCUT2D eigenvalue weighted by molar-refractivity contribution is -0.111. The van der Waals surface area contributed by atoms with Gasteiger partial charge in [0.25, 0.3) is 0 Å². The molecule has 0 radical (unpaired) electrons. The van der Waals surface area contributed by atoms with Gasteiger partial charge in [-0.15, -0.1) is 0 Å². The van der Waals surface area contributed by atoms with Crippen molar-refractivity contribution in [3.63, 3.8) is 0 Å². The van der Waals surface area contributed by atoms with Crippen LogP contribution in [-0.4, -0.2) is 17.2 Å². The summed E-state index contributed by atoms with van der Waals surface area (Å²) in [7, 11) is 0. The van der Waals surface area contributed by atoms with Crippen molar-refractivity contribution in [2.75, 3.05) is 6.54 Å². The zero-order valence-electron chi connectivity index (χ0n) is 7.60. The Labute approximate surface area is 82.2 Å². The normalized spacial score (nSPS) is 22.7. The van der Waals surface area contributed by atoms with Crippen LogP contribution in [0.1, 0.15) is 0 Å². The van der Waals surface area contributed by atoms with Gasteiger partial charge in [0.1, 0.15) is 0 Å². The average Bonchev–Trinajstić information content (AvgIpc) is 2.51. The van der Waals surface area contributed by atoms with Crippen molar-refractivity contribution < 1.29 is 4.79 Å². The van der Waals surface area contributed by atoms with Crippen LogP contribution in [0, 0.1) is 0 Å². The Kier molecular flexibility index (Phi) is 1.39. The first kappa shape index (κ1) is 7.56. The predicted octanol–water partition coefficient (Wildman–Crippen LogP) is 1.70. The number of hydrogen-bond donors (Lipinski definition) is 0. The predicted molar refractivity (Wildman–Crippen MR) is 54.2 cm³/mol. The second-order valence-electron chi connectivity index (χ2n) is 3.47. The van der Waals surface area contributed by atoms with Crippen LogP contribution in [0.3, 0.4) is 0 Å². The smallest absolute Gasteiger partial charge is 0.187 e. The maximum absolute atomic E-state index is 11.6. The summed E-state index contributed by atoms with van der Waals surface area (Å²) >= 11 is 0. The van der Waals surface area contributed by atoms with E-state index in [0.717, 1.165) is 23.4 Å². The van der Waals surface area contributed by atoms with Gasteiger partial charge in [-0.05, 0) is 23.8 Å². The van der Waals surface area contributed by atoms with E-state index in [1.807, 2.05) is 36.6 Å². The van der Waals surface area contributed by atoms with Crippen LogP contribution in [-0.2, 0) is 4.79 Å². The summed E-state index contributed by atoms with van der Waals surface area (Å²) in [5, 5.41) is 0. The third-order valence-electron chi connectivity index (χ3n) is 2.64. The van der Waals surface area contributed by atoms with Crippen molar-refractivity contribution in [3.8, 4) is 0 Å². The van der Waals surface area contributed by atoms with Gasteiger partial charge < -0.3 is 4.90 Å². The highest BCUT2D eigenvalue weighted by Crippen LogP contribution is 2.32. The Morgan fingerprint density at radius 2 is 2.07 bits per heavy atom. The molecule has 0 spiro atoms. The Morgan fingerprint density at radius 1 is 1.14 bits per heavy atom. The lowest BCUT2D eigenvalue weighted by Gasteiger charge is -2.19. The number of carbonyl (C=O) groups is 1. The molecule has 0 bridgehead atoms. The molecule has 0 aromatic heterocycles. The van der Waals surface area contributed by atoms with Gasteiger partial charge in [0.2, 0.25) is 0 Å². The van der Waals surface area contributed by atoms with E-state index < -0.39 is 0 Å². The topological polar surface area (TPSA) is 20.3 Å². The minimum atomic E-state index is 0.120. The lowest BCUT2D eigenvalue weighted by Crippen LogP contribution is -2.16. The molecule has 1 aliphatic carbocycles. The molecule has 2 aliphatic heterocycles. The summed E-state index contributed by atoms with van der Waals surface area (Å²) in [6, 6.07) is 0. The van der Waals surface area contributed by atoms with E-state index in [0.29, 0.717) is 0 Å². The fraction of sp³-hybridized carbons (Fsp3) is 0.0833. The van der Waals surface area contributed by atoms with Crippen LogP contribution in [0.15, 0.2) is 59.5 Å². The van der Waals surface area contributed by atoms with Crippen LogP contribution in [0.2, 0.25) is 0 Å². The molecule has 0 N–H and O–H groups in total. The van der Waals surface area contributed by atoms with E-state index >= 15 is 0 Å². The quantitative estimate of drug-likeness (QED) is 0.569. The minimum absolute atomic E-state index is 0.120. The van der Waals surface area contributed by atoms with Crippen molar-refractivity contribution in [2.24, 2.45) is 0 Å². The molecule has 0 aromatic rings. The van der Waals surface area contributed by atoms with E-state index in [1.165, 1.54) is 0 Å². The molecule has 2 heteroatoms. The van der Waals surface area contributed by atoms with Gasteiger partial charge in [0.15, 0.2) is 5.78 Å². The highest BCUT2D eigenvalue weighted by atomic mass is 16.1. The lowest BCUT2D eigenvalue weighted by atomic mass is 9.98. The molecule has 0 saturated carbocycles. The van der Waals surface area contributed by atoms with Crippen LogP contribution in [0.25, 0.3) is 0 Å². The summed E-state index contributed by atoms with van der Waals surface area (Å²) in [5.74, 6) is 0.120. The molecule has 0 saturated heterocycles. The molecule has 0 amide bonds. The third kappa shape index (κ3) is 0.880. The number of hydrogen-bond acceptors (Lipinski definition) is 2. The van der Waals surface area contributed by atoms with Gasteiger partial charge in [-0.3, -0.25) is 4.79 Å². The summed E-state index contributed by atoms with van der Waals surface area (Å²) in [4.78, 5) is 13.7. The highest BCUT2D eigenvalue weighted by molar-refractivity contribution is 6.09. The summed E-state index contributed by atoms with van der Waals surface area (Å²) in [6.07, 6.45) is 13.6. The van der Waals surface area contributed by atoms with Crippen LogP contribution < -0.4 is 0 Å². The van der Waals surface area contributed by atoms with Gasteiger partial charge >= 0.3 is 0 Å². The molecule has 14 heavy (non-hydrogen) atoms. The van der Waals surface area contributed by atoms with Crippen molar-refractivity contribution in [1.29, 1.82) is 0 Å². The van der Waals surface area contributed by atoms with Crippen molar-refractivity contribution in [2.45, 2.75) is 0 Å².